The number of rotatable bonds is 11. The van der Waals surface area contributed by atoms with Gasteiger partial charge in [-0.2, -0.15) is 8.78 Å². The maximum absolute atomic E-state index is 13.2. The second-order valence-electron chi connectivity index (χ2n) is 9.17. The highest BCUT2D eigenvalue weighted by Crippen LogP contribution is 2.40. The summed E-state index contributed by atoms with van der Waals surface area (Å²) in [4.78, 5) is 17.3. The molecule has 0 bridgehead atoms. The van der Waals surface area contributed by atoms with Crippen LogP contribution in [0.15, 0.2) is 36.7 Å². The zero-order chi connectivity index (χ0) is 24.4. The number of hydrogen-bond acceptors (Lipinski definition) is 6. The number of Topliss-reactive ketones (excluding diaryl/α,β-unsaturated/α-hetero) is 1. The topological polar surface area (TPSA) is 74.1 Å². The normalized spacial score (nSPS) is 17.8. The highest BCUT2D eigenvalue weighted by Gasteiger charge is 2.29. The second-order valence-corrected chi connectivity index (χ2v) is 9.17. The fourth-order valence-electron chi connectivity index (χ4n) is 4.64. The molecule has 1 atom stereocenters. The van der Waals surface area contributed by atoms with Crippen molar-refractivity contribution in [3.63, 3.8) is 0 Å². The number of pyridine rings is 1. The van der Waals surface area contributed by atoms with Gasteiger partial charge in [0.05, 0.1) is 25.6 Å². The van der Waals surface area contributed by atoms with Crippen LogP contribution in [0.25, 0.3) is 16.9 Å². The Balaban J connectivity index is 1.42. The number of nitrogens with zero attached hydrogens (tertiary/aromatic N) is 2. The van der Waals surface area contributed by atoms with E-state index in [1.165, 1.54) is 26.0 Å². The molecule has 35 heavy (non-hydrogen) atoms. The van der Waals surface area contributed by atoms with E-state index in [0.29, 0.717) is 47.6 Å². The highest BCUT2D eigenvalue weighted by molar-refractivity contribution is 6.02. The molecule has 9 heteroatoms. The number of benzene rings is 1. The van der Waals surface area contributed by atoms with Gasteiger partial charge >= 0.3 is 6.61 Å². The number of carbonyl (C=O) groups is 1. The van der Waals surface area contributed by atoms with Crippen LogP contribution in [0.4, 0.5) is 8.78 Å². The summed E-state index contributed by atoms with van der Waals surface area (Å²) in [6.45, 7) is -1.38. The highest BCUT2D eigenvalue weighted by atomic mass is 19.3. The number of hydrogen-bond donors (Lipinski definition) is 1. The number of imidazole rings is 1. The molecule has 1 saturated carbocycles. The van der Waals surface area contributed by atoms with Gasteiger partial charge in [-0.05, 0) is 62.8 Å². The van der Waals surface area contributed by atoms with Crippen LogP contribution in [0.1, 0.15) is 48.9 Å². The molecule has 2 fully saturated rings. The van der Waals surface area contributed by atoms with Gasteiger partial charge in [0, 0.05) is 30.3 Å². The van der Waals surface area contributed by atoms with Crippen LogP contribution in [0.2, 0.25) is 0 Å². The van der Waals surface area contributed by atoms with Gasteiger partial charge in [0.2, 0.25) is 0 Å². The lowest BCUT2D eigenvalue weighted by Gasteiger charge is -2.16. The molecule has 2 aliphatic rings. The molecule has 1 aliphatic carbocycles. The average molecular weight is 486 g/mol. The maximum atomic E-state index is 13.2. The lowest BCUT2D eigenvalue weighted by atomic mass is 10.00. The standard InChI is InChI=1S/C26H29F2N3O4/c1-33-22-12-17(13-23(35-26(27)28)25(22)21(32)11-16-4-5-16)20-15-30-24-14-19(6-9-31(20)24)34-10-7-18-3-2-8-29-18/h6,9,12-16,18,26,29H,2-5,7-8,10-11H2,1H3. The third-order valence-electron chi connectivity index (χ3n) is 6.63. The van der Waals surface area contributed by atoms with E-state index in [-0.39, 0.29) is 22.8 Å². The Morgan fingerprint density at radius 3 is 2.77 bits per heavy atom. The Morgan fingerprint density at radius 1 is 1.23 bits per heavy atom. The zero-order valence-electron chi connectivity index (χ0n) is 19.6. The van der Waals surface area contributed by atoms with Gasteiger partial charge in [0.25, 0.3) is 0 Å². The third-order valence-corrected chi connectivity index (χ3v) is 6.63. The minimum atomic E-state index is -3.07. The minimum absolute atomic E-state index is 0.0599. The quantitative estimate of drug-likeness (QED) is 0.380. The molecule has 186 valence electrons. The Hall–Kier alpha value is -3.20. The molecule has 1 unspecified atom stereocenters. The minimum Gasteiger partial charge on any atom is -0.496 e. The molecule has 0 spiro atoms. The Morgan fingerprint density at radius 2 is 2.06 bits per heavy atom. The van der Waals surface area contributed by atoms with Crippen LogP contribution in [-0.4, -0.2) is 48.1 Å². The van der Waals surface area contributed by atoms with Crippen molar-refractivity contribution in [1.82, 2.24) is 14.7 Å². The summed E-state index contributed by atoms with van der Waals surface area (Å²) in [5, 5.41) is 3.46. The van der Waals surface area contributed by atoms with Crippen molar-refractivity contribution in [3.8, 4) is 28.5 Å². The first-order valence-corrected chi connectivity index (χ1v) is 12.1. The molecule has 1 saturated heterocycles. The van der Waals surface area contributed by atoms with Gasteiger partial charge in [-0.25, -0.2) is 4.98 Å². The van der Waals surface area contributed by atoms with Gasteiger partial charge in [0.1, 0.15) is 28.5 Å². The molecule has 1 aromatic carbocycles. The van der Waals surface area contributed by atoms with Gasteiger partial charge in [-0.1, -0.05) is 0 Å². The molecule has 7 nitrogen and oxygen atoms in total. The summed E-state index contributed by atoms with van der Waals surface area (Å²) < 4.78 is 44.4. The van der Waals surface area contributed by atoms with E-state index in [9.17, 15) is 13.6 Å². The van der Waals surface area contributed by atoms with Crippen molar-refractivity contribution in [3.05, 3.63) is 42.2 Å². The smallest absolute Gasteiger partial charge is 0.387 e. The van der Waals surface area contributed by atoms with E-state index in [1.54, 1.807) is 12.3 Å². The number of alkyl halides is 2. The van der Waals surface area contributed by atoms with Crippen LogP contribution in [0.5, 0.6) is 17.2 Å². The Labute approximate surface area is 202 Å². The molecular weight excluding hydrogens is 456 g/mol. The predicted molar refractivity (Wildman–Crippen MR) is 127 cm³/mol. The molecular formula is C26H29F2N3O4. The summed E-state index contributed by atoms with van der Waals surface area (Å²) >= 11 is 0. The molecule has 0 amide bonds. The van der Waals surface area contributed by atoms with Crippen LogP contribution >= 0.6 is 0 Å². The Kier molecular flexibility index (Phi) is 6.86. The van der Waals surface area contributed by atoms with Gasteiger partial charge in [-0.3, -0.25) is 9.20 Å². The predicted octanol–water partition coefficient (Wildman–Crippen LogP) is 5.12. The van der Waals surface area contributed by atoms with E-state index in [4.69, 9.17) is 14.2 Å². The van der Waals surface area contributed by atoms with Crippen molar-refractivity contribution in [2.45, 2.75) is 51.2 Å². The van der Waals surface area contributed by atoms with E-state index >= 15 is 0 Å². The van der Waals surface area contributed by atoms with E-state index in [2.05, 4.69) is 10.3 Å². The van der Waals surface area contributed by atoms with E-state index in [0.717, 1.165) is 25.8 Å². The van der Waals surface area contributed by atoms with Crippen LogP contribution in [-0.2, 0) is 0 Å². The number of ketones is 1. The first-order chi connectivity index (χ1) is 17.0. The first kappa shape index (κ1) is 23.5. The average Bonchev–Trinajstić information content (AvgIpc) is 3.31. The fourth-order valence-corrected chi connectivity index (χ4v) is 4.64. The first-order valence-electron chi connectivity index (χ1n) is 12.1. The van der Waals surface area contributed by atoms with E-state index in [1.807, 2.05) is 22.7 Å². The maximum Gasteiger partial charge on any atom is 0.387 e. The summed E-state index contributed by atoms with van der Waals surface area (Å²) in [5.74, 6) is 0.790. The number of fused-ring (bicyclic) bond motifs is 1. The van der Waals surface area contributed by atoms with Crippen molar-refractivity contribution in [1.29, 1.82) is 0 Å². The molecule has 3 heterocycles. The molecule has 5 rings (SSSR count). The summed E-state index contributed by atoms with van der Waals surface area (Å²) in [6.07, 6.45) is 9.05. The number of methoxy groups -OCH3 is 1. The summed E-state index contributed by atoms with van der Waals surface area (Å²) in [6, 6.07) is 7.32. The second kappa shape index (κ2) is 10.2. The monoisotopic (exact) mass is 485 g/mol. The lowest BCUT2D eigenvalue weighted by Crippen LogP contribution is -2.23. The van der Waals surface area contributed by atoms with Crippen LogP contribution in [0, 0.1) is 5.92 Å². The van der Waals surface area contributed by atoms with Crippen molar-refractivity contribution in [2.24, 2.45) is 5.92 Å². The molecule has 1 N–H and O–H groups in total. The summed E-state index contributed by atoms with van der Waals surface area (Å²) in [7, 11) is 1.42. The third kappa shape index (κ3) is 5.40. The van der Waals surface area contributed by atoms with Gasteiger partial charge in [0.15, 0.2) is 5.78 Å². The number of nitrogens with one attached hydrogen (secondary N) is 1. The molecule has 3 aromatic rings. The number of halogens is 2. The van der Waals surface area contributed by atoms with Crippen molar-refractivity contribution in [2.75, 3.05) is 20.3 Å². The lowest BCUT2D eigenvalue weighted by molar-refractivity contribution is -0.0502. The Bertz CT molecular complexity index is 1200. The molecule has 0 radical (unpaired) electrons. The number of ether oxygens (including phenoxy) is 3. The van der Waals surface area contributed by atoms with Gasteiger partial charge < -0.3 is 19.5 Å². The number of aromatic nitrogens is 2. The number of carbonyl (C=O) groups excluding carboxylic acids is 1. The summed E-state index contributed by atoms with van der Waals surface area (Å²) in [5.41, 5.74) is 1.92. The molecule has 2 aromatic heterocycles. The SMILES string of the molecule is COc1cc(-c2cnc3cc(OCCC4CCCN4)ccn23)cc(OC(F)F)c1C(=O)CC1CC1. The van der Waals surface area contributed by atoms with E-state index < -0.39 is 6.61 Å². The fraction of sp³-hybridized carbons (Fsp3) is 0.462. The zero-order valence-corrected chi connectivity index (χ0v) is 19.6. The molecule has 1 aliphatic heterocycles. The van der Waals surface area contributed by atoms with Crippen molar-refractivity contribution >= 4 is 11.4 Å². The van der Waals surface area contributed by atoms with Crippen LogP contribution in [0.3, 0.4) is 0 Å². The largest absolute Gasteiger partial charge is 0.496 e. The van der Waals surface area contributed by atoms with Crippen LogP contribution < -0.4 is 19.5 Å². The van der Waals surface area contributed by atoms with Crippen molar-refractivity contribution < 1.29 is 27.8 Å². The van der Waals surface area contributed by atoms with Gasteiger partial charge in [-0.15, -0.1) is 0 Å².